The minimum Gasteiger partial charge on any atom is -0.254 e. The first-order valence-corrected chi connectivity index (χ1v) is 13.0. The van der Waals surface area contributed by atoms with Crippen LogP contribution in [0, 0.1) is 19.1 Å². The third kappa shape index (κ3) is 4.40. The van der Waals surface area contributed by atoms with E-state index < -0.39 is 0 Å². The van der Waals surface area contributed by atoms with Crippen molar-refractivity contribution >= 4 is 21.8 Å². The van der Waals surface area contributed by atoms with Crippen LogP contribution in [0.25, 0.3) is 56.1 Å². The molecule has 0 saturated heterocycles. The first-order chi connectivity index (χ1) is 19.7. The molecular formula is C34H22N6. The summed E-state index contributed by atoms with van der Waals surface area (Å²) in [5.41, 5.74) is 7.18. The molecule has 3 aromatic carbocycles. The minimum atomic E-state index is 0.512. The molecule has 40 heavy (non-hydrogen) atoms. The summed E-state index contributed by atoms with van der Waals surface area (Å²) in [7, 11) is 0. The molecule has 0 saturated carbocycles. The van der Waals surface area contributed by atoms with Gasteiger partial charge in [0.2, 0.25) is 0 Å². The van der Waals surface area contributed by atoms with Crippen LogP contribution >= 0.6 is 0 Å². The Labute approximate surface area is 231 Å². The van der Waals surface area contributed by atoms with Crippen LogP contribution in [0.2, 0.25) is 0 Å². The Morgan fingerprint density at radius 2 is 1.50 bits per heavy atom. The third-order valence-corrected chi connectivity index (χ3v) is 6.82. The van der Waals surface area contributed by atoms with Crippen LogP contribution in [-0.4, -0.2) is 29.9 Å². The fourth-order valence-corrected chi connectivity index (χ4v) is 4.90. The van der Waals surface area contributed by atoms with Crippen LogP contribution in [-0.2, 0) is 6.42 Å². The minimum absolute atomic E-state index is 0.512. The lowest BCUT2D eigenvalue weighted by Gasteiger charge is -2.15. The zero-order valence-corrected chi connectivity index (χ0v) is 21.7. The third-order valence-electron chi connectivity index (χ3n) is 6.82. The van der Waals surface area contributed by atoms with Gasteiger partial charge in [-0.1, -0.05) is 66.7 Å². The molecule has 0 bridgehead atoms. The first kappa shape index (κ1) is 23.6. The highest BCUT2D eigenvalue weighted by Gasteiger charge is 2.20. The predicted octanol–water partition coefficient (Wildman–Crippen LogP) is 6.86. The lowest BCUT2D eigenvalue weighted by Crippen LogP contribution is -2.04. The maximum atomic E-state index is 5.04. The first-order valence-electron chi connectivity index (χ1n) is 13.0. The van der Waals surface area contributed by atoms with Gasteiger partial charge in [-0.05, 0) is 54.4 Å². The summed E-state index contributed by atoms with van der Waals surface area (Å²) >= 11 is 0. The number of hydrogen-bond donors (Lipinski definition) is 0. The van der Waals surface area contributed by atoms with E-state index in [2.05, 4.69) is 35.3 Å². The van der Waals surface area contributed by atoms with Crippen molar-refractivity contribution in [3.05, 3.63) is 132 Å². The van der Waals surface area contributed by atoms with Crippen molar-refractivity contribution in [1.29, 1.82) is 0 Å². The molecule has 0 aliphatic rings. The average molecular weight is 515 g/mol. The summed E-state index contributed by atoms with van der Waals surface area (Å²) in [6.07, 6.45) is 4.30. The number of hydrogen-bond acceptors (Lipinski definition) is 6. The number of aromatic nitrogens is 6. The molecule has 0 aliphatic heterocycles. The molecule has 4 aromatic heterocycles. The van der Waals surface area contributed by atoms with Crippen molar-refractivity contribution in [3.8, 4) is 34.3 Å². The molecule has 4 heterocycles. The van der Waals surface area contributed by atoms with Gasteiger partial charge in [0, 0.05) is 46.4 Å². The fraction of sp³-hybridized carbons (Fsp3) is 0.0588. The van der Waals surface area contributed by atoms with Crippen LogP contribution < -0.4 is 0 Å². The highest BCUT2D eigenvalue weighted by Crippen LogP contribution is 2.35. The molecule has 7 aromatic rings. The lowest BCUT2D eigenvalue weighted by atomic mass is 9.96. The molecule has 6 heteroatoms. The van der Waals surface area contributed by atoms with E-state index in [9.17, 15) is 0 Å². The standard InChI is InChI=1S/C34H22N6/c1-22-15-16-24-17-18-27-29(26(20-23-10-4-2-5-11-23)21-36-31(27)30(24)37-22)34-39-32(25-12-6-3-7-13-25)38-33(40-34)28-14-8-9-19-35-28/h3-4,6-19,21H,20H2,1H3. The van der Waals surface area contributed by atoms with Crippen molar-refractivity contribution in [1.82, 2.24) is 29.9 Å². The summed E-state index contributed by atoms with van der Waals surface area (Å²) in [4.78, 5) is 29.2. The van der Waals surface area contributed by atoms with Crippen molar-refractivity contribution in [2.75, 3.05) is 0 Å². The largest absolute Gasteiger partial charge is 0.254 e. The molecule has 0 fully saturated rings. The smallest absolute Gasteiger partial charge is 0.182 e. The normalized spacial score (nSPS) is 11.0. The molecule has 0 amide bonds. The predicted molar refractivity (Wildman–Crippen MR) is 156 cm³/mol. The van der Waals surface area contributed by atoms with Gasteiger partial charge >= 0.3 is 0 Å². The number of benzene rings is 2. The number of rotatable bonds is 5. The number of nitrogens with zero attached hydrogens (tertiary/aromatic N) is 6. The van der Waals surface area contributed by atoms with Gasteiger partial charge in [-0.3, -0.25) is 15.0 Å². The molecule has 0 N–H and O–H groups in total. The quantitative estimate of drug-likeness (QED) is 0.234. The Balaban J connectivity index is 1.54. The fourth-order valence-electron chi connectivity index (χ4n) is 4.90. The van der Waals surface area contributed by atoms with Gasteiger partial charge in [0.25, 0.3) is 0 Å². The summed E-state index contributed by atoms with van der Waals surface area (Å²) in [5.74, 6) is 1.66. The Morgan fingerprint density at radius 3 is 2.33 bits per heavy atom. The monoisotopic (exact) mass is 514 g/mol. The van der Waals surface area contributed by atoms with Crippen molar-refractivity contribution in [2.45, 2.75) is 13.3 Å². The SMILES string of the molecule is Cc1ccc2ccc3c(-c4nc(-c5ccccc5)nc(-c5ccccn5)n4)c(Cc4cc#ccc4)cnc3c2n1. The van der Waals surface area contributed by atoms with E-state index in [-0.39, 0.29) is 0 Å². The van der Waals surface area contributed by atoms with Crippen molar-refractivity contribution in [3.63, 3.8) is 0 Å². The van der Waals surface area contributed by atoms with E-state index in [4.69, 9.17) is 24.9 Å². The van der Waals surface area contributed by atoms with Gasteiger partial charge in [-0.25, -0.2) is 15.0 Å². The molecule has 0 spiro atoms. The topological polar surface area (TPSA) is 77.3 Å². The second-order valence-electron chi connectivity index (χ2n) is 9.55. The lowest BCUT2D eigenvalue weighted by molar-refractivity contribution is 1.05. The van der Waals surface area contributed by atoms with Crippen molar-refractivity contribution < 1.29 is 0 Å². The van der Waals surface area contributed by atoms with Gasteiger partial charge in [0.15, 0.2) is 17.5 Å². The van der Waals surface area contributed by atoms with E-state index >= 15 is 0 Å². The zero-order chi connectivity index (χ0) is 26.9. The van der Waals surface area contributed by atoms with Crippen LogP contribution in [0.1, 0.15) is 16.8 Å². The maximum absolute atomic E-state index is 5.04. The van der Waals surface area contributed by atoms with Gasteiger partial charge in [0.05, 0.1) is 11.0 Å². The molecular weight excluding hydrogens is 492 g/mol. The van der Waals surface area contributed by atoms with Crippen LogP contribution in [0.5, 0.6) is 0 Å². The Morgan fingerprint density at radius 1 is 0.675 bits per heavy atom. The van der Waals surface area contributed by atoms with Crippen LogP contribution in [0.15, 0.2) is 103 Å². The average Bonchev–Trinajstić information content (AvgIpc) is 3.02. The zero-order valence-electron chi connectivity index (χ0n) is 21.7. The second kappa shape index (κ2) is 9.97. The van der Waals surface area contributed by atoms with Gasteiger partial charge in [-0.2, -0.15) is 0 Å². The molecule has 188 valence electrons. The van der Waals surface area contributed by atoms with E-state index in [1.54, 1.807) is 6.20 Å². The van der Waals surface area contributed by atoms with Crippen LogP contribution in [0.4, 0.5) is 0 Å². The van der Waals surface area contributed by atoms with E-state index in [0.717, 1.165) is 49.8 Å². The highest BCUT2D eigenvalue weighted by atomic mass is 15.0. The van der Waals surface area contributed by atoms with Gasteiger partial charge in [-0.15, -0.1) is 0 Å². The highest BCUT2D eigenvalue weighted by molar-refractivity contribution is 6.08. The Kier molecular flexibility index (Phi) is 5.88. The summed E-state index contributed by atoms with van der Waals surface area (Å²) < 4.78 is 0. The summed E-state index contributed by atoms with van der Waals surface area (Å²) in [6, 6.07) is 35.9. The van der Waals surface area contributed by atoms with Crippen molar-refractivity contribution in [2.24, 2.45) is 0 Å². The number of pyridine rings is 3. The molecule has 0 aliphatic carbocycles. The van der Waals surface area contributed by atoms with E-state index in [1.165, 1.54) is 0 Å². The van der Waals surface area contributed by atoms with E-state index in [0.29, 0.717) is 29.6 Å². The maximum Gasteiger partial charge on any atom is 0.182 e. The molecule has 7 rings (SSSR count). The van der Waals surface area contributed by atoms with Gasteiger partial charge in [0.1, 0.15) is 5.69 Å². The summed E-state index contributed by atoms with van der Waals surface area (Å²) in [5, 5.41) is 1.97. The number of fused-ring (bicyclic) bond motifs is 3. The molecule has 0 unspecified atom stereocenters. The molecule has 0 radical (unpaired) electrons. The second-order valence-corrected chi connectivity index (χ2v) is 9.55. The Hall–Kier alpha value is -5.54. The summed E-state index contributed by atoms with van der Waals surface area (Å²) in [6.45, 7) is 1.99. The van der Waals surface area contributed by atoms with Crippen LogP contribution in [0.3, 0.4) is 0 Å². The Bertz CT molecular complexity index is 1920. The molecule has 0 atom stereocenters. The molecule has 6 nitrogen and oxygen atoms in total. The van der Waals surface area contributed by atoms with Gasteiger partial charge < -0.3 is 0 Å². The number of aryl methyl sites for hydroxylation is 1. The van der Waals surface area contributed by atoms with E-state index in [1.807, 2.05) is 85.9 Å².